The van der Waals surface area contributed by atoms with Crippen LogP contribution in [-0.4, -0.2) is 13.7 Å². The summed E-state index contributed by atoms with van der Waals surface area (Å²) in [6.07, 6.45) is 2.26. The molecular weight excluding hydrogens is 210 g/mol. The second-order valence-electron chi connectivity index (χ2n) is 5.02. The van der Waals surface area contributed by atoms with Gasteiger partial charge >= 0.3 is 0 Å². The maximum atomic E-state index is 5.66. The van der Waals surface area contributed by atoms with E-state index in [9.17, 15) is 0 Å². The monoisotopic (exact) mass is 235 g/mol. The largest absolute Gasteiger partial charge is 0.496 e. The number of hydrogen-bond acceptors (Lipinski definition) is 2. The standard InChI is InChI=1S/C15H25NO/c1-10(9-16)6-7-14-8-11(2)15(17-5)13(4)12(14)3/h8,10H,6-7,9,16H2,1-5H3. The summed E-state index contributed by atoms with van der Waals surface area (Å²) in [5.74, 6) is 1.62. The molecule has 2 heteroatoms. The van der Waals surface area contributed by atoms with Gasteiger partial charge in [-0.05, 0) is 68.3 Å². The van der Waals surface area contributed by atoms with E-state index >= 15 is 0 Å². The number of ether oxygens (including phenoxy) is 1. The Balaban J connectivity index is 2.94. The van der Waals surface area contributed by atoms with Crippen LogP contribution in [0.25, 0.3) is 0 Å². The Kier molecular flexibility index (Phi) is 5.01. The SMILES string of the molecule is COc1c(C)cc(CCC(C)CN)c(C)c1C. The Bertz CT molecular complexity index is 385. The van der Waals surface area contributed by atoms with Crippen molar-refractivity contribution < 1.29 is 4.74 Å². The molecular formula is C15H25NO. The lowest BCUT2D eigenvalue weighted by Crippen LogP contribution is -2.12. The number of methoxy groups -OCH3 is 1. The second-order valence-corrected chi connectivity index (χ2v) is 5.02. The molecule has 0 fully saturated rings. The molecule has 1 aromatic carbocycles. The molecule has 0 aliphatic carbocycles. The van der Waals surface area contributed by atoms with Crippen LogP contribution in [0, 0.1) is 26.7 Å². The van der Waals surface area contributed by atoms with E-state index in [1.54, 1.807) is 7.11 Å². The average molecular weight is 235 g/mol. The van der Waals surface area contributed by atoms with Crippen molar-refractivity contribution >= 4 is 0 Å². The Morgan fingerprint density at radius 1 is 1.24 bits per heavy atom. The number of benzene rings is 1. The first-order chi connectivity index (χ1) is 8.01. The van der Waals surface area contributed by atoms with Gasteiger partial charge in [0.1, 0.15) is 5.75 Å². The molecule has 0 saturated carbocycles. The highest BCUT2D eigenvalue weighted by Gasteiger charge is 2.11. The Hall–Kier alpha value is -1.02. The molecule has 0 aromatic heterocycles. The van der Waals surface area contributed by atoms with Gasteiger partial charge in [0.05, 0.1) is 7.11 Å². The molecule has 0 saturated heterocycles. The first-order valence-electron chi connectivity index (χ1n) is 6.35. The molecule has 1 rings (SSSR count). The van der Waals surface area contributed by atoms with Crippen LogP contribution in [0.2, 0.25) is 0 Å². The van der Waals surface area contributed by atoms with Gasteiger partial charge in [-0.25, -0.2) is 0 Å². The molecule has 0 bridgehead atoms. The minimum absolute atomic E-state index is 0.595. The Labute approximate surface area is 105 Å². The smallest absolute Gasteiger partial charge is 0.124 e. The molecule has 17 heavy (non-hydrogen) atoms. The van der Waals surface area contributed by atoms with Gasteiger partial charge in [-0.2, -0.15) is 0 Å². The highest BCUT2D eigenvalue weighted by atomic mass is 16.5. The van der Waals surface area contributed by atoms with E-state index in [-0.39, 0.29) is 0 Å². The van der Waals surface area contributed by atoms with Crippen molar-refractivity contribution in [2.75, 3.05) is 13.7 Å². The predicted molar refractivity (Wildman–Crippen MR) is 73.7 cm³/mol. The third-order valence-corrected chi connectivity index (χ3v) is 3.65. The molecule has 0 heterocycles. The van der Waals surface area contributed by atoms with Gasteiger partial charge in [0.25, 0.3) is 0 Å². The maximum absolute atomic E-state index is 5.66. The van der Waals surface area contributed by atoms with Crippen LogP contribution in [0.4, 0.5) is 0 Å². The van der Waals surface area contributed by atoms with Crippen LogP contribution in [-0.2, 0) is 6.42 Å². The summed E-state index contributed by atoms with van der Waals surface area (Å²) in [6.45, 7) is 9.41. The molecule has 0 aliphatic rings. The summed E-state index contributed by atoms with van der Waals surface area (Å²) in [4.78, 5) is 0. The van der Waals surface area contributed by atoms with Crippen LogP contribution in [0.3, 0.4) is 0 Å². The van der Waals surface area contributed by atoms with Crippen LogP contribution >= 0.6 is 0 Å². The quantitative estimate of drug-likeness (QED) is 0.851. The normalized spacial score (nSPS) is 12.6. The van der Waals surface area contributed by atoms with Gasteiger partial charge in [0.15, 0.2) is 0 Å². The third-order valence-electron chi connectivity index (χ3n) is 3.65. The zero-order valence-corrected chi connectivity index (χ0v) is 11.8. The molecule has 1 atom stereocenters. The summed E-state index contributed by atoms with van der Waals surface area (Å²) in [5, 5.41) is 0. The van der Waals surface area contributed by atoms with E-state index in [1.807, 2.05) is 0 Å². The topological polar surface area (TPSA) is 35.2 Å². The van der Waals surface area contributed by atoms with Gasteiger partial charge in [-0.3, -0.25) is 0 Å². The van der Waals surface area contributed by atoms with Crippen molar-refractivity contribution in [3.05, 3.63) is 28.3 Å². The molecule has 0 amide bonds. The summed E-state index contributed by atoms with van der Waals surface area (Å²) in [5.41, 5.74) is 10.9. The molecule has 1 unspecified atom stereocenters. The Morgan fingerprint density at radius 2 is 1.88 bits per heavy atom. The summed E-state index contributed by atoms with van der Waals surface area (Å²) in [6, 6.07) is 2.25. The van der Waals surface area contributed by atoms with Crippen molar-refractivity contribution in [1.29, 1.82) is 0 Å². The zero-order chi connectivity index (χ0) is 13.0. The molecule has 96 valence electrons. The number of hydrogen-bond donors (Lipinski definition) is 1. The number of nitrogens with two attached hydrogens (primary N) is 1. The van der Waals surface area contributed by atoms with Crippen LogP contribution in [0.15, 0.2) is 6.07 Å². The third kappa shape index (κ3) is 3.22. The van der Waals surface area contributed by atoms with Gasteiger partial charge in [-0.15, -0.1) is 0 Å². The van der Waals surface area contributed by atoms with Gasteiger partial charge in [0.2, 0.25) is 0 Å². The highest BCUT2D eigenvalue weighted by molar-refractivity contribution is 5.49. The minimum atomic E-state index is 0.595. The molecule has 0 spiro atoms. The lowest BCUT2D eigenvalue weighted by atomic mass is 9.93. The van der Waals surface area contributed by atoms with Crippen molar-refractivity contribution in [2.24, 2.45) is 11.7 Å². The number of rotatable bonds is 5. The van der Waals surface area contributed by atoms with Crippen molar-refractivity contribution in [3.8, 4) is 5.75 Å². The van der Waals surface area contributed by atoms with Crippen LogP contribution < -0.4 is 10.5 Å². The van der Waals surface area contributed by atoms with E-state index in [1.165, 1.54) is 22.3 Å². The lowest BCUT2D eigenvalue weighted by molar-refractivity contribution is 0.408. The van der Waals surface area contributed by atoms with Gasteiger partial charge in [0, 0.05) is 0 Å². The lowest BCUT2D eigenvalue weighted by Gasteiger charge is -2.16. The minimum Gasteiger partial charge on any atom is -0.496 e. The molecule has 0 radical (unpaired) electrons. The molecule has 2 nitrogen and oxygen atoms in total. The predicted octanol–water partition coefficient (Wildman–Crippen LogP) is 3.15. The maximum Gasteiger partial charge on any atom is 0.124 e. The van der Waals surface area contributed by atoms with Gasteiger partial charge < -0.3 is 10.5 Å². The average Bonchev–Trinajstić information content (AvgIpc) is 2.32. The molecule has 2 N–H and O–H groups in total. The van der Waals surface area contributed by atoms with E-state index < -0.39 is 0 Å². The van der Waals surface area contributed by atoms with Crippen molar-refractivity contribution in [1.82, 2.24) is 0 Å². The van der Waals surface area contributed by atoms with Gasteiger partial charge in [-0.1, -0.05) is 13.0 Å². The fourth-order valence-electron chi connectivity index (χ4n) is 2.24. The first-order valence-corrected chi connectivity index (χ1v) is 6.35. The van der Waals surface area contributed by atoms with Crippen molar-refractivity contribution in [2.45, 2.75) is 40.5 Å². The van der Waals surface area contributed by atoms with E-state index in [2.05, 4.69) is 33.8 Å². The number of aryl methyl sites for hydroxylation is 2. The van der Waals surface area contributed by atoms with Crippen molar-refractivity contribution in [3.63, 3.8) is 0 Å². The van der Waals surface area contributed by atoms with E-state index in [0.29, 0.717) is 5.92 Å². The van der Waals surface area contributed by atoms with Crippen LogP contribution in [0.1, 0.15) is 35.6 Å². The second kappa shape index (κ2) is 6.06. The van der Waals surface area contributed by atoms with E-state index in [4.69, 9.17) is 10.5 Å². The summed E-state index contributed by atoms with van der Waals surface area (Å²) >= 11 is 0. The fourth-order valence-corrected chi connectivity index (χ4v) is 2.24. The first kappa shape index (κ1) is 14.0. The summed E-state index contributed by atoms with van der Waals surface area (Å²) in [7, 11) is 1.74. The van der Waals surface area contributed by atoms with Crippen LogP contribution in [0.5, 0.6) is 5.75 Å². The van der Waals surface area contributed by atoms with E-state index in [0.717, 1.165) is 25.1 Å². The zero-order valence-electron chi connectivity index (χ0n) is 11.8. The molecule has 0 aliphatic heterocycles. The Morgan fingerprint density at radius 3 is 2.41 bits per heavy atom. The molecule has 1 aromatic rings. The fraction of sp³-hybridized carbons (Fsp3) is 0.600. The highest BCUT2D eigenvalue weighted by Crippen LogP contribution is 2.29. The summed E-state index contributed by atoms with van der Waals surface area (Å²) < 4.78 is 5.44.